The van der Waals surface area contributed by atoms with E-state index in [1.807, 2.05) is 6.07 Å². The van der Waals surface area contributed by atoms with Gasteiger partial charge in [-0.1, -0.05) is 18.9 Å². The van der Waals surface area contributed by atoms with Gasteiger partial charge < -0.3 is 15.5 Å². The molecule has 0 bridgehead atoms. The second kappa shape index (κ2) is 4.53. The van der Waals surface area contributed by atoms with E-state index in [0.29, 0.717) is 0 Å². The molecule has 2 atom stereocenters. The topological polar surface area (TPSA) is 52.5 Å². The van der Waals surface area contributed by atoms with Gasteiger partial charge in [0, 0.05) is 11.8 Å². The quantitative estimate of drug-likeness (QED) is 0.696. The van der Waals surface area contributed by atoms with Crippen molar-refractivity contribution in [1.29, 1.82) is 0 Å². The van der Waals surface area contributed by atoms with Gasteiger partial charge in [-0.2, -0.15) is 0 Å². The van der Waals surface area contributed by atoms with Crippen molar-refractivity contribution in [2.24, 2.45) is 0 Å². The van der Waals surface area contributed by atoms with Crippen molar-refractivity contribution in [2.45, 2.75) is 37.8 Å². The number of phenolic OH excluding ortho intramolecular Hbond substituents is 1. The van der Waals surface area contributed by atoms with Crippen LogP contribution in [-0.2, 0) is 0 Å². The highest BCUT2D eigenvalue weighted by Gasteiger charge is 2.22. The fourth-order valence-electron chi connectivity index (χ4n) is 2.09. The monoisotopic (exact) mass is 207 g/mol. The zero-order chi connectivity index (χ0) is 10.7. The van der Waals surface area contributed by atoms with Gasteiger partial charge in [0.25, 0.3) is 0 Å². The van der Waals surface area contributed by atoms with Gasteiger partial charge in [0.2, 0.25) is 0 Å². The van der Waals surface area contributed by atoms with E-state index < -0.39 is 0 Å². The van der Waals surface area contributed by atoms with Crippen LogP contribution < -0.4 is 5.32 Å². The first kappa shape index (κ1) is 10.3. The number of aliphatic hydroxyl groups excluding tert-OH is 1. The van der Waals surface area contributed by atoms with Crippen LogP contribution >= 0.6 is 0 Å². The molecule has 1 aromatic rings. The lowest BCUT2D eigenvalue weighted by Crippen LogP contribution is -2.36. The summed E-state index contributed by atoms with van der Waals surface area (Å²) in [5.74, 6) is 0.255. The van der Waals surface area contributed by atoms with Crippen molar-refractivity contribution in [1.82, 2.24) is 0 Å². The minimum atomic E-state index is -0.263. The molecule has 0 aromatic heterocycles. The van der Waals surface area contributed by atoms with Crippen LogP contribution in [-0.4, -0.2) is 22.4 Å². The highest BCUT2D eigenvalue weighted by atomic mass is 16.3. The molecule has 1 saturated carbocycles. The largest absolute Gasteiger partial charge is 0.508 e. The number of aliphatic hydroxyl groups is 1. The molecule has 0 saturated heterocycles. The Hall–Kier alpha value is -1.22. The highest BCUT2D eigenvalue weighted by molar-refractivity contribution is 5.48. The van der Waals surface area contributed by atoms with Crippen molar-refractivity contribution < 1.29 is 10.2 Å². The van der Waals surface area contributed by atoms with Gasteiger partial charge in [-0.3, -0.25) is 0 Å². The summed E-state index contributed by atoms with van der Waals surface area (Å²) in [5.41, 5.74) is 0.876. The van der Waals surface area contributed by atoms with Crippen LogP contribution in [0.5, 0.6) is 5.75 Å². The molecule has 1 aromatic carbocycles. The molecule has 15 heavy (non-hydrogen) atoms. The average Bonchev–Trinajstić information content (AvgIpc) is 2.22. The van der Waals surface area contributed by atoms with Crippen molar-refractivity contribution in [3.05, 3.63) is 24.3 Å². The summed E-state index contributed by atoms with van der Waals surface area (Å²) in [5, 5.41) is 22.3. The lowest BCUT2D eigenvalue weighted by Gasteiger charge is -2.29. The Bertz CT molecular complexity index is 327. The predicted octanol–water partition coefficient (Wildman–Crippen LogP) is 2.11. The third-order valence-corrected chi connectivity index (χ3v) is 2.93. The number of anilines is 1. The number of rotatable bonds is 2. The average molecular weight is 207 g/mol. The van der Waals surface area contributed by atoms with E-state index >= 15 is 0 Å². The molecule has 1 aliphatic carbocycles. The summed E-state index contributed by atoms with van der Waals surface area (Å²) < 4.78 is 0. The number of hydrogen-bond donors (Lipinski definition) is 3. The maximum absolute atomic E-state index is 9.77. The molecule has 3 heteroatoms. The van der Waals surface area contributed by atoms with Gasteiger partial charge in [0.1, 0.15) is 5.75 Å². The molecule has 0 radical (unpaired) electrons. The molecular formula is C12H17NO2. The molecule has 3 nitrogen and oxygen atoms in total. The van der Waals surface area contributed by atoms with E-state index in [9.17, 15) is 10.2 Å². The van der Waals surface area contributed by atoms with Crippen LogP contribution in [0.1, 0.15) is 25.7 Å². The van der Waals surface area contributed by atoms with Gasteiger partial charge in [-0.05, 0) is 25.0 Å². The summed E-state index contributed by atoms with van der Waals surface area (Å²) in [6.07, 6.45) is 3.88. The molecular weight excluding hydrogens is 190 g/mol. The first-order valence-corrected chi connectivity index (χ1v) is 5.49. The van der Waals surface area contributed by atoms with Crippen molar-refractivity contribution in [3.8, 4) is 5.75 Å². The van der Waals surface area contributed by atoms with E-state index in [1.165, 1.54) is 0 Å². The summed E-state index contributed by atoms with van der Waals surface area (Å²) in [7, 11) is 0. The van der Waals surface area contributed by atoms with Crippen LogP contribution in [0.2, 0.25) is 0 Å². The normalized spacial score (nSPS) is 26.2. The minimum absolute atomic E-state index is 0.126. The van der Waals surface area contributed by atoms with Crippen molar-refractivity contribution in [3.63, 3.8) is 0 Å². The fourth-order valence-corrected chi connectivity index (χ4v) is 2.09. The third kappa shape index (κ3) is 2.63. The maximum atomic E-state index is 9.77. The highest BCUT2D eigenvalue weighted by Crippen LogP contribution is 2.23. The standard InChI is InChI=1S/C12H17NO2/c14-10-5-3-4-9(8-10)13-11-6-1-2-7-12(11)15/h3-5,8,11-15H,1-2,6-7H2. The van der Waals surface area contributed by atoms with Gasteiger partial charge in [0.05, 0.1) is 12.1 Å². The van der Waals surface area contributed by atoms with Gasteiger partial charge in [-0.25, -0.2) is 0 Å². The molecule has 1 fully saturated rings. The Morgan fingerprint density at radius 2 is 2.00 bits per heavy atom. The summed E-state index contributed by atoms with van der Waals surface area (Å²) in [4.78, 5) is 0. The fraction of sp³-hybridized carbons (Fsp3) is 0.500. The lowest BCUT2D eigenvalue weighted by atomic mass is 9.92. The SMILES string of the molecule is Oc1cccc(NC2CCCCC2O)c1. The zero-order valence-electron chi connectivity index (χ0n) is 8.69. The lowest BCUT2D eigenvalue weighted by molar-refractivity contribution is 0.116. The summed E-state index contributed by atoms with van der Waals surface area (Å²) in [6, 6.07) is 7.15. The summed E-state index contributed by atoms with van der Waals surface area (Å²) in [6.45, 7) is 0. The van der Waals surface area contributed by atoms with Crippen LogP contribution in [0.3, 0.4) is 0 Å². The van der Waals surface area contributed by atoms with E-state index in [1.54, 1.807) is 18.2 Å². The second-order valence-electron chi connectivity index (χ2n) is 4.15. The maximum Gasteiger partial charge on any atom is 0.117 e. The molecule has 0 heterocycles. The summed E-state index contributed by atoms with van der Waals surface area (Å²) >= 11 is 0. The van der Waals surface area contributed by atoms with E-state index in [-0.39, 0.29) is 17.9 Å². The van der Waals surface area contributed by atoms with E-state index in [0.717, 1.165) is 31.4 Å². The molecule has 2 unspecified atom stereocenters. The Kier molecular flexibility index (Phi) is 3.11. The van der Waals surface area contributed by atoms with Crippen LogP contribution in [0.4, 0.5) is 5.69 Å². The molecule has 0 spiro atoms. The predicted molar refractivity (Wildman–Crippen MR) is 60.0 cm³/mol. The first-order valence-electron chi connectivity index (χ1n) is 5.49. The Balaban J connectivity index is 2.01. The molecule has 0 amide bonds. The molecule has 82 valence electrons. The van der Waals surface area contributed by atoms with E-state index in [4.69, 9.17) is 0 Å². The Morgan fingerprint density at radius 3 is 2.73 bits per heavy atom. The van der Waals surface area contributed by atoms with Gasteiger partial charge in [-0.15, -0.1) is 0 Å². The number of phenols is 1. The van der Waals surface area contributed by atoms with Crippen molar-refractivity contribution >= 4 is 5.69 Å². The number of aromatic hydroxyl groups is 1. The van der Waals surface area contributed by atoms with Crippen LogP contribution in [0, 0.1) is 0 Å². The van der Waals surface area contributed by atoms with Crippen LogP contribution in [0.15, 0.2) is 24.3 Å². The Morgan fingerprint density at radius 1 is 1.20 bits per heavy atom. The zero-order valence-corrected chi connectivity index (χ0v) is 8.69. The smallest absolute Gasteiger partial charge is 0.117 e. The Labute approximate surface area is 89.8 Å². The van der Waals surface area contributed by atoms with E-state index in [2.05, 4.69) is 5.32 Å². The van der Waals surface area contributed by atoms with Gasteiger partial charge in [0.15, 0.2) is 0 Å². The number of nitrogens with one attached hydrogen (secondary N) is 1. The molecule has 3 N–H and O–H groups in total. The van der Waals surface area contributed by atoms with Crippen LogP contribution in [0.25, 0.3) is 0 Å². The second-order valence-corrected chi connectivity index (χ2v) is 4.15. The number of benzene rings is 1. The minimum Gasteiger partial charge on any atom is -0.508 e. The van der Waals surface area contributed by atoms with Crippen molar-refractivity contribution in [2.75, 3.05) is 5.32 Å². The van der Waals surface area contributed by atoms with Gasteiger partial charge >= 0.3 is 0 Å². The number of hydrogen-bond acceptors (Lipinski definition) is 3. The molecule has 0 aliphatic heterocycles. The first-order chi connectivity index (χ1) is 7.25. The molecule has 1 aliphatic rings. The molecule has 2 rings (SSSR count). The third-order valence-electron chi connectivity index (χ3n) is 2.93.